The monoisotopic (exact) mass is 208 g/mol. The van der Waals surface area contributed by atoms with Crippen molar-refractivity contribution in [1.82, 2.24) is 4.98 Å². The summed E-state index contributed by atoms with van der Waals surface area (Å²) in [5, 5.41) is 14.5. The molecule has 1 rings (SSSR count). The summed E-state index contributed by atoms with van der Waals surface area (Å²) in [6.07, 6.45) is 3.84. The summed E-state index contributed by atoms with van der Waals surface area (Å²) in [5.74, 6) is 0.876. The molecule has 4 N–H and O–H groups in total. The van der Waals surface area contributed by atoms with E-state index in [-0.39, 0.29) is 5.84 Å². The lowest BCUT2D eigenvalue weighted by Gasteiger charge is -2.04. The molecule has 5 heteroatoms. The van der Waals surface area contributed by atoms with Crippen LogP contribution in [0.1, 0.15) is 25.3 Å². The molecular formula is C10H16N4O. The van der Waals surface area contributed by atoms with Crippen molar-refractivity contribution in [3.63, 3.8) is 0 Å². The molecule has 1 aromatic heterocycles. The van der Waals surface area contributed by atoms with Gasteiger partial charge in [0, 0.05) is 18.3 Å². The van der Waals surface area contributed by atoms with Gasteiger partial charge in [-0.2, -0.15) is 0 Å². The van der Waals surface area contributed by atoms with Crippen LogP contribution < -0.4 is 11.1 Å². The zero-order chi connectivity index (χ0) is 11.1. The van der Waals surface area contributed by atoms with E-state index < -0.39 is 0 Å². The van der Waals surface area contributed by atoms with Crippen LogP contribution in [0.4, 0.5) is 5.82 Å². The number of nitrogens with one attached hydrogen (secondary N) is 1. The second kappa shape index (κ2) is 5.85. The molecule has 0 saturated heterocycles. The Morgan fingerprint density at radius 1 is 1.60 bits per heavy atom. The number of hydrogen-bond acceptors (Lipinski definition) is 4. The van der Waals surface area contributed by atoms with Gasteiger partial charge in [-0.05, 0) is 18.6 Å². The minimum Gasteiger partial charge on any atom is -0.409 e. The van der Waals surface area contributed by atoms with Crippen molar-refractivity contribution in [2.24, 2.45) is 10.9 Å². The minimum absolute atomic E-state index is 0.0719. The Morgan fingerprint density at radius 2 is 2.40 bits per heavy atom. The van der Waals surface area contributed by atoms with Gasteiger partial charge in [0.25, 0.3) is 0 Å². The van der Waals surface area contributed by atoms with Crippen LogP contribution in [0.2, 0.25) is 0 Å². The predicted octanol–water partition coefficient (Wildman–Crippen LogP) is 1.39. The molecule has 0 spiro atoms. The molecule has 1 aromatic rings. The zero-order valence-corrected chi connectivity index (χ0v) is 8.77. The lowest BCUT2D eigenvalue weighted by atomic mass is 10.2. The highest BCUT2D eigenvalue weighted by atomic mass is 16.4. The van der Waals surface area contributed by atoms with E-state index in [0.29, 0.717) is 5.56 Å². The summed E-state index contributed by atoms with van der Waals surface area (Å²) in [4.78, 5) is 4.14. The molecule has 0 atom stereocenters. The van der Waals surface area contributed by atoms with Crippen LogP contribution in [0.25, 0.3) is 0 Å². The number of rotatable bonds is 5. The molecule has 0 fully saturated rings. The van der Waals surface area contributed by atoms with E-state index in [9.17, 15) is 0 Å². The number of nitrogens with zero attached hydrogens (tertiary/aromatic N) is 2. The van der Waals surface area contributed by atoms with E-state index in [2.05, 4.69) is 22.4 Å². The second-order valence-corrected chi connectivity index (χ2v) is 3.20. The number of pyridine rings is 1. The van der Waals surface area contributed by atoms with Gasteiger partial charge in [-0.1, -0.05) is 18.5 Å². The molecule has 0 radical (unpaired) electrons. The van der Waals surface area contributed by atoms with Gasteiger partial charge in [0.1, 0.15) is 5.82 Å². The first-order valence-corrected chi connectivity index (χ1v) is 4.95. The normalized spacial score (nSPS) is 11.4. The SMILES string of the molecule is CCCCNc1ccc(C(N)=NO)cn1. The number of nitrogens with two attached hydrogens (primary N) is 1. The number of aromatic nitrogens is 1. The zero-order valence-electron chi connectivity index (χ0n) is 8.77. The first kappa shape index (κ1) is 11.3. The van der Waals surface area contributed by atoms with Crippen molar-refractivity contribution in [3.05, 3.63) is 23.9 Å². The lowest BCUT2D eigenvalue weighted by molar-refractivity contribution is 0.318. The summed E-state index contributed by atoms with van der Waals surface area (Å²) < 4.78 is 0. The molecule has 0 bridgehead atoms. The molecule has 5 nitrogen and oxygen atoms in total. The van der Waals surface area contributed by atoms with Crippen molar-refractivity contribution in [1.29, 1.82) is 0 Å². The summed E-state index contributed by atoms with van der Waals surface area (Å²) in [7, 11) is 0. The van der Waals surface area contributed by atoms with Gasteiger partial charge in [0.05, 0.1) is 0 Å². The third kappa shape index (κ3) is 3.46. The predicted molar refractivity (Wildman–Crippen MR) is 60.1 cm³/mol. The standard InChI is InChI=1S/C10H16N4O/c1-2-3-6-12-9-5-4-8(7-13-9)10(11)14-15/h4-5,7,15H,2-3,6H2,1H3,(H2,11,14)(H,12,13). The number of oxime groups is 1. The number of unbranched alkanes of at least 4 members (excludes halogenated alkanes) is 1. The van der Waals surface area contributed by atoms with E-state index in [0.717, 1.165) is 25.2 Å². The molecular weight excluding hydrogens is 192 g/mol. The molecule has 1 heterocycles. The van der Waals surface area contributed by atoms with Crippen LogP contribution in [0, 0.1) is 0 Å². The van der Waals surface area contributed by atoms with Crippen molar-refractivity contribution in [2.75, 3.05) is 11.9 Å². The van der Waals surface area contributed by atoms with Gasteiger partial charge in [-0.25, -0.2) is 4.98 Å². The van der Waals surface area contributed by atoms with Crippen molar-refractivity contribution in [3.8, 4) is 0 Å². The Hall–Kier alpha value is -1.78. The van der Waals surface area contributed by atoms with Crippen molar-refractivity contribution in [2.45, 2.75) is 19.8 Å². The maximum Gasteiger partial charge on any atom is 0.171 e. The summed E-state index contributed by atoms with van der Waals surface area (Å²) in [5.41, 5.74) is 6.02. The highest BCUT2D eigenvalue weighted by Crippen LogP contribution is 2.04. The fourth-order valence-corrected chi connectivity index (χ4v) is 1.10. The maximum atomic E-state index is 8.45. The van der Waals surface area contributed by atoms with Crippen molar-refractivity contribution >= 4 is 11.7 Å². The molecule has 0 unspecified atom stereocenters. The highest BCUT2D eigenvalue weighted by Gasteiger charge is 1.99. The molecule has 0 amide bonds. The number of anilines is 1. The van der Waals surface area contributed by atoms with Crippen LogP contribution in [0.15, 0.2) is 23.5 Å². The molecule has 0 aliphatic carbocycles. The average Bonchev–Trinajstić information content (AvgIpc) is 2.29. The minimum atomic E-state index is 0.0719. The van der Waals surface area contributed by atoms with Gasteiger partial charge >= 0.3 is 0 Å². The Labute approximate surface area is 89.0 Å². The third-order valence-electron chi connectivity index (χ3n) is 2.00. The smallest absolute Gasteiger partial charge is 0.171 e. The number of amidine groups is 1. The van der Waals surface area contributed by atoms with Gasteiger partial charge in [-0.3, -0.25) is 0 Å². The van der Waals surface area contributed by atoms with E-state index in [1.54, 1.807) is 12.3 Å². The van der Waals surface area contributed by atoms with Gasteiger partial charge in [0.2, 0.25) is 0 Å². The van der Waals surface area contributed by atoms with Crippen LogP contribution in [-0.2, 0) is 0 Å². The first-order valence-electron chi connectivity index (χ1n) is 4.95. The largest absolute Gasteiger partial charge is 0.409 e. The molecule has 82 valence electrons. The number of hydrogen-bond donors (Lipinski definition) is 3. The second-order valence-electron chi connectivity index (χ2n) is 3.20. The molecule has 0 aliphatic rings. The molecule has 15 heavy (non-hydrogen) atoms. The van der Waals surface area contributed by atoms with Crippen LogP contribution in [-0.4, -0.2) is 22.6 Å². The van der Waals surface area contributed by atoms with E-state index in [1.165, 1.54) is 0 Å². The summed E-state index contributed by atoms with van der Waals surface area (Å²) >= 11 is 0. The Morgan fingerprint density at radius 3 is 2.93 bits per heavy atom. The fourth-order valence-electron chi connectivity index (χ4n) is 1.10. The average molecular weight is 208 g/mol. The van der Waals surface area contributed by atoms with Crippen molar-refractivity contribution < 1.29 is 5.21 Å². The maximum absolute atomic E-state index is 8.45. The van der Waals surface area contributed by atoms with Gasteiger partial charge < -0.3 is 16.3 Å². The first-order chi connectivity index (χ1) is 7.27. The van der Waals surface area contributed by atoms with E-state index in [1.807, 2.05) is 6.07 Å². The molecule has 0 aliphatic heterocycles. The van der Waals surface area contributed by atoms with Gasteiger partial charge in [0.15, 0.2) is 5.84 Å². The lowest BCUT2D eigenvalue weighted by Crippen LogP contribution is -2.13. The Bertz CT molecular complexity index is 321. The topological polar surface area (TPSA) is 83.5 Å². The summed E-state index contributed by atoms with van der Waals surface area (Å²) in [6.45, 7) is 3.04. The summed E-state index contributed by atoms with van der Waals surface area (Å²) in [6, 6.07) is 3.57. The quantitative estimate of drug-likeness (QED) is 0.224. The molecule has 0 aromatic carbocycles. The Kier molecular flexibility index (Phi) is 4.40. The van der Waals surface area contributed by atoms with Crippen LogP contribution in [0.3, 0.4) is 0 Å². The van der Waals surface area contributed by atoms with Crippen LogP contribution in [0.5, 0.6) is 0 Å². The van der Waals surface area contributed by atoms with E-state index >= 15 is 0 Å². The van der Waals surface area contributed by atoms with E-state index in [4.69, 9.17) is 10.9 Å². The highest BCUT2D eigenvalue weighted by molar-refractivity contribution is 5.96. The third-order valence-corrected chi connectivity index (χ3v) is 2.00. The van der Waals surface area contributed by atoms with Gasteiger partial charge in [-0.15, -0.1) is 0 Å². The fraction of sp³-hybridized carbons (Fsp3) is 0.400. The Balaban J connectivity index is 2.56. The van der Waals surface area contributed by atoms with Crippen LogP contribution >= 0.6 is 0 Å². The molecule has 0 saturated carbocycles.